The maximum absolute atomic E-state index is 12.9. The molecule has 122 valence electrons. The second kappa shape index (κ2) is 6.73. The van der Waals surface area contributed by atoms with Gasteiger partial charge in [-0.05, 0) is 49.2 Å². The summed E-state index contributed by atoms with van der Waals surface area (Å²) in [5, 5.41) is 5.21. The molecule has 0 unspecified atom stereocenters. The van der Waals surface area contributed by atoms with E-state index in [-0.39, 0.29) is 12.2 Å². The lowest BCUT2D eigenvalue weighted by atomic mass is 10.1. The predicted molar refractivity (Wildman–Crippen MR) is 84.5 cm³/mol. The number of alkyl halides is 3. The van der Waals surface area contributed by atoms with Crippen molar-refractivity contribution < 1.29 is 18.0 Å². The van der Waals surface area contributed by atoms with Gasteiger partial charge in [0.15, 0.2) is 0 Å². The average molecular weight is 322 g/mol. The summed E-state index contributed by atoms with van der Waals surface area (Å²) in [6, 6.07) is 10.6. The molecule has 0 spiro atoms. The highest BCUT2D eigenvalue weighted by Gasteiger charge is 2.33. The number of nitrogens with one attached hydrogen (secondary N) is 2. The van der Waals surface area contributed by atoms with Crippen LogP contribution in [-0.4, -0.2) is 12.5 Å². The Morgan fingerprint density at radius 3 is 2.26 bits per heavy atom. The Labute approximate surface area is 132 Å². The number of hydrogen-bond acceptors (Lipinski definition) is 2. The molecule has 2 aromatic carbocycles. The number of carbonyl (C=O) groups excluding carboxylic acids is 1. The number of rotatable bonds is 4. The number of hydrogen-bond donors (Lipinski definition) is 2. The lowest BCUT2D eigenvalue weighted by Gasteiger charge is -2.14. The summed E-state index contributed by atoms with van der Waals surface area (Å²) in [6.07, 6.45) is -4.51. The van der Waals surface area contributed by atoms with Crippen LogP contribution in [0.3, 0.4) is 0 Å². The van der Waals surface area contributed by atoms with Gasteiger partial charge in [-0.25, -0.2) is 0 Å². The Bertz CT molecular complexity index is 691. The fourth-order valence-electron chi connectivity index (χ4n) is 2.29. The summed E-state index contributed by atoms with van der Waals surface area (Å²) in [5.74, 6) is -0.541. The van der Waals surface area contributed by atoms with Gasteiger partial charge < -0.3 is 10.6 Å². The van der Waals surface area contributed by atoms with Crippen LogP contribution in [0.5, 0.6) is 0 Å². The Hall–Kier alpha value is -2.50. The number of para-hydroxylation sites is 1. The third kappa shape index (κ3) is 4.74. The average Bonchev–Trinajstić information content (AvgIpc) is 2.43. The van der Waals surface area contributed by atoms with Crippen molar-refractivity contribution in [2.75, 3.05) is 17.2 Å². The van der Waals surface area contributed by atoms with Gasteiger partial charge in [-0.15, -0.1) is 0 Å². The molecule has 3 nitrogen and oxygen atoms in total. The molecule has 0 aromatic heterocycles. The third-order valence-corrected chi connectivity index (χ3v) is 3.18. The van der Waals surface area contributed by atoms with Crippen molar-refractivity contribution in [1.82, 2.24) is 0 Å². The Balaban J connectivity index is 2.03. The molecule has 6 heteroatoms. The van der Waals surface area contributed by atoms with Crippen LogP contribution in [-0.2, 0) is 11.0 Å². The molecule has 0 fully saturated rings. The van der Waals surface area contributed by atoms with Gasteiger partial charge in [-0.2, -0.15) is 13.2 Å². The number of carbonyl (C=O) groups is 1. The van der Waals surface area contributed by atoms with Crippen LogP contribution in [0.1, 0.15) is 16.7 Å². The lowest BCUT2D eigenvalue weighted by molar-refractivity contribution is -0.137. The van der Waals surface area contributed by atoms with E-state index in [1.807, 2.05) is 32.0 Å². The van der Waals surface area contributed by atoms with E-state index in [0.29, 0.717) is 0 Å². The van der Waals surface area contributed by atoms with Crippen LogP contribution in [0, 0.1) is 13.8 Å². The zero-order valence-corrected chi connectivity index (χ0v) is 12.8. The minimum absolute atomic E-state index is 0.116. The first-order chi connectivity index (χ1) is 10.8. The highest BCUT2D eigenvalue weighted by molar-refractivity contribution is 5.94. The quantitative estimate of drug-likeness (QED) is 0.877. The van der Waals surface area contributed by atoms with Gasteiger partial charge in [0.05, 0.1) is 17.8 Å². The van der Waals surface area contributed by atoms with Crippen LogP contribution in [0.4, 0.5) is 24.5 Å². The van der Waals surface area contributed by atoms with E-state index < -0.39 is 17.6 Å². The molecule has 0 aliphatic rings. The molecular weight excluding hydrogens is 305 g/mol. The van der Waals surface area contributed by atoms with Gasteiger partial charge in [0.25, 0.3) is 0 Å². The SMILES string of the molecule is Cc1cc(C)cc(NCC(=O)Nc2ccccc2C(F)(F)F)c1. The van der Waals surface area contributed by atoms with Crippen LogP contribution in [0.15, 0.2) is 42.5 Å². The molecule has 0 saturated heterocycles. The normalized spacial score (nSPS) is 11.2. The van der Waals surface area contributed by atoms with Gasteiger partial charge in [0, 0.05) is 5.69 Å². The molecule has 0 radical (unpaired) electrons. The number of amides is 1. The Morgan fingerprint density at radius 2 is 1.65 bits per heavy atom. The van der Waals surface area contributed by atoms with E-state index in [9.17, 15) is 18.0 Å². The fourth-order valence-corrected chi connectivity index (χ4v) is 2.29. The second-order valence-corrected chi connectivity index (χ2v) is 5.32. The maximum atomic E-state index is 12.9. The van der Waals surface area contributed by atoms with Gasteiger partial charge in [-0.3, -0.25) is 4.79 Å². The number of benzene rings is 2. The lowest BCUT2D eigenvalue weighted by Crippen LogP contribution is -2.23. The van der Waals surface area contributed by atoms with E-state index in [0.717, 1.165) is 22.9 Å². The molecule has 0 atom stereocenters. The van der Waals surface area contributed by atoms with Crippen molar-refractivity contribution in [2.45, 2.75) is 20.0 Å². The minimum atomic E-state index is -4.51. The molecule has 1 amide bonds. The van der Waals surface area contributed by atoms with Crippen LogP contribution in [0.25, 0.3) is 0 Å². The largest absolute Gasteiger partial charge is 0.418 e. The summed E-state index contributed by atoms with van der Waals surface area (Å²) in [4.78, 5) is 11.9. The second-order valence-electron chi connectivity index (χ2n) is 5.32. The molecule has 0 heterocycles. The Kier molecular flexibility index (Phi) is 4.93. The topological polar surface area (TPSA) is 41.1 Å². The molecular formula is C17H17F3N2O. The molecule has 2 rings (SSSR count). The summed E-state index contributed by atoms with van der Waals surface area (Å²) < 4.78 is 38.6. The smallest absolute Gasteiger partial charge is 0.376 e. The van der Waals surface area contributed by atoms with E-state index in [4.69, 9.17) is 0 Å². The first-order valence-corrected chi connectivity index (χ1v) is 7.04. The van der Waals surface area contributed by atoms with Crippen molar-refractivity contribution in [1.29, 1.82) is 0 Å². The van der Waals surface area contributed by atoms with Gasteiger partial charge in [-0.1, -0.05) is 18.2 Å². The number of aryl methyl sites for hydroxylation is 2. The van der Waals surface area contributed by atoms with E-state index in [1.54, 1.807) is 0 Å². The zero-order valence-electron chi connectivity index (χ0n) is 12.8. The molecule has 2 aromatic rings. The van der Waals surface area contributed by atoms with Crippen molar-refractivity contribution in [3.05, 3.63) is 59.2 Å². The number of anilines is 2. The summed E-state index contributed by atoms with van der Waals surface area (Å²) in [7, 11) is 0. The van der Waals surface area contributed by atoms with Crippen LogP contribution in [0.2, 0.25) is 0 Å². The molecule has 0 aliphatic carbocycles. The van der Waals surface area contributed by atoms with E-state index >= 15 is 0 Å². The fraction of sp³-hybridized carbons (Fsp3) is 0.235. The standard InChI is InChI=1S/C17H17F3N2O/c1-11-7-12(2)9-13(8-11)21-10-16(23)22-15-6-4-3-5-14(15)17(18,19)20/h3-9,21H,10H2,1-2H3,(H,22,23). The molecule has 0 aliphatic heterocycles. The molecule has 0 bridgehead atoms. The van der Waals surface area contributed by atoms with Gasteiger partial charge >= 0.3 is 6.18 Å². The van der Waals surface area contributed by atoms with Crippen molar-refractivity contribution >= 4 is 17.3 Å². The number of halogens is 3. The minimum Gasteiger partial charge on any atom is -0.376 e. The van der Waals surface area contributed by atoms with E-state index in [1.165, 1.54) is 18.2 Å². The summed E-state index contributed by atoms with van der Waals surface area (Å²) >= 11 is 0. The van der Waals surface area contributed by atoms with Gasteiger partial charge in [0.1, 0.15) is 0 Å². The molecule has 0 saturated carbocycles. The first-order valence-electron chi connectivity index (χ1n) is 7.04. The summed E-state index contributed by atoms with van der Waals surface area (Å²) in [5.41, 5.74) is 1.72. The van der Waals surface area contributed by atoms with Crippen LogP contribution >= 0.6 is 0 Å². The maximum Gasteiger partial charge on any atom is 0.418 e. The molecule has 2 N–H and O–H groups in total. The highest BCUT2D eigenvalue weighted by atomic mass is 19.4. The predicted octanol–water partition coefficient (Wildman–Crippen LogP) is 4.37. The zero-order chi connectivity index (χ0) is 17.0. The first kappa shape index (κ1) is 16.9. The van der Waals surface area contributed by atoms with Crippen LogP contribution < -0.4 is 10.6 Å². The van der Waals surface area contributed by atoms with Crippen molar-refractivity contribution in [3.8, 4) is 0 Å². The van der Waals surface area contributed by atoms with Crippen molar-refractivity contribution in [3.63, 3.8) is 0 Å². The van der Waals surface area contributed by atoms with E-state index in [2.05, 4.69) is 10.6 Å². The van der Waals surface area contributed by atoms with Gasteiger partial charge in [0.2, 0.25) is 5.91 Å². The third-order valence-electron chi connectivity index (χ3n) is 3.18. The summed E-state index contributed by atoms with van der Waals surface area (Å²) in [6.45, 7) is 3.74. The highest BCUT2D eigenvalue weighted by Crippen LogP contribution is 2.34. The van der Waals surface area contributed by atoms with Crippen molar-refractivity contribution in [2.24, 2.45) is 0 Å². The Morgan fingerprint density at radius 1 is 1.04 bits per heavy atom. The monoisotopic (exact) mass is 322 g/mol. The molecule has 23 heavy (non-hydrogen) atoms.